The minimum absolute atomic E-state index is 0.192. The Morgan fingerprint density at radius 2 is 2.00 bits per heavy atom. The Kier molecular flexibility index (Phi) is 4.84. The van der Waals surface area contributed by atoms with Crippen LogP contribution in [-0.2, 0) is 9.53 Å². The third-order valence-corrected chi connectivity index (χ3v) is 2.79. The van der Waals surface area contributed by atoms with E-state index in [1.807, 2.05) is 0 Å². The van der Waals surface area contributed by atoms with Gasteiger partial charge in [-0.15, -0.1) is 0 Å². The fraction of sp³-hybridized carbons (Fsp3) is 0.143. The third kappa shape index (κ3) is 4.25. The molecule has 21 heavy (non-hydrogen) atoms. The zero-order valence-electron chi connectivity index (χ0n) is 11.2. The lowest BCUT2D eigenvalue weighted by molar-refractivity contribution is -0.119. The summed E-state index contributed by atoms with van der Waals surface area (Å²) in [6.07, 6.45) is 1.45. The number of halogens is 1. The number of aromatic amines is 1. The van der Waals surface area contributed by atoms with Crippen LogP contribution in [0.3, 0.4) is 0 Å². The summed E-state index contributed by atoms with van der Waals surface area (Å²) < 4.78 is 9.86. The minimum atomic E-state index is -0.646. The number of amides is 1. The summed E-state index contributed by atoms with van der Waals surface area (Å²) in [6.45, 7) is -0.387. The van der Waals surface area contributed by atoms with Crippen LogP contribution in [0.2, 0.25) is 5.02 Å². The van der Waals surface area contributed by atoms with E-state index in [4.69, 9.17) is 21.1 Å². The summed E-state index contributed by atoms with van der Waals surface area (Å²) in [5, 5.41) is 2.99. The largest absolute Gasteiger partial charge is 0.497 e. The molecule has 110 valence electrons. The number of hydrogen-bond donors (Lipinski definition) is 2. The molecular weight excluding hydrogens is 296 g/mol. The molecule has 0 aliphatic carbocycles. The molecule has 0 radical (unpaired) electrons. The predicted octanol–water partition coefficient (Wildman–Crippen LogP) is 2.47. The van der Waals surface area contributed by atoms with Crippen molar-refractivity contribution in [2.75, 3.05) is 19.0 Å². The van der Waals surface area contributed by atoms with E-state index >= 15 is 0 Å². The molecule has 7 heteroatoms. The normalized spacial score (nSPS) is 10.0. The Morgan fingerprint density at radius 1 is 1.29 bits per heavy atom. The molecule has 1 amide bonds. The molecule has 0 saturated heterocycles. The van der Waals surface area contributed by atoms with Gasteiger partial charge in [-0.3, -0.25) is 4.79 Å². The standard InChI is InChI=1S/C14H13ClN2O4/c1-20-11-4-2-10(3-5-11)17-13(18)8-21-14(19)12-6-9(15)7-16-12/h2-7,16H,8H2,1H3,(H,17,18). The number of esters is 1. The van der Waals surface area contributed by atoms with Gasteiger partial charge >= 0.3 is 5.97 Å². The van der Waals surface area contributed by atoms with Crippen molar-refractivity contribution in [1.29, 1.82) is 0 Å². The SMILES string of the molecule is COc1ccc(NC(=O)COC(=O)c2cc(Cl)c[nH]2)cc1. The highest BCUT2D eigenvalue weighted by Crippen LogP contribution is 2.15. The molecule has 6 nitrogen and oxygen atoms in total. The number of H-pyrrole nitrogens is 1. The van der Waals surface area contributed by atoms with E-state index in [1.165, 1.54) is 12.3 Å². The van der Waals surface area contributed by atoms with Crippen LogP contribution in [0.25, 0.3) is 0 Å². The first kappa shape index (κ1) is 14.9. The van der Waals surface area contributed by atoms with Crippen LogP contribution in [0.15, 0.2) is 36.5 Å². The van der Waals surface area contributed by atoms with Crippen LogP contribution >= 0.6 is 11.6 Å². The van der Waals surface area contributed by atoms with Gasteiger partial charge in [-0.1, -0.05) is 11.6 Å². The molecule has 0 unspecified atom stereocenters. The smallest absolute Gasteiger partial charge is 0.355 e. The highest BCUT2D eigenvalue weighted by molar-refractivity contribution is 6.30. The topological polar surface area (TPSA) is 80.4 Å². The number of benzene rings is 1. The van der Waals surface area contributed by atoms with Crippen LogP contribution in [0.5, 0.6) is 5.75 Å². The maximum absolute atomic E-state index is 11.7. The quantitative estimate of drug-likeness (QED) is 0.832. The summed E-state index contributed by atoms with van der Waals surface area (Å²) in [5.74, 6) is -0.402. The Hall–Kier alpha value is -2.47. The number of anilines is 1. The van der Waals surface area contributed by atoms with Crippen LogP contribution in [0, 0.1) is 0 Å². The van der Waals surface area contributed by atoms with E-state index in [-0.39, 0.29) is 12.3 Å². The maximum atomic E-state index is 11.7. The molecule has 0 aliphatic rings. The van der Waals surface area contributed by atoms with Gasteiger partial charge in [0.15, 0.2) is 6.61 Å². The lowest BCUT2D eigenvalue weighted by Gasteiger charge is -2.06. The van der Waals surface area contributed by atoms with Crippen molar-refractivity contribution in [3.05, 3.63) is 47.2 Å². The molecule has 2 aromatic rings. The molecule has 2 rings (SSSR count). The molecule has 1 aromatic heterocycles. The van der Waals surface area contributed by atoms with E-state index < -0.39 is 11.9 Å². The van der Waals surface area contributed by atoms with E-state index in [2.05, 4.69) is 10.3 Å². The lowest BCUT2D eigenvalue weighted by Crippen LogP contribution is -2.21. The number of methoxy groups -OCH3 is 1. The number of aromatic nitrogens is 1. The summed E-state index contributed by atoms with van der Waals surface area (Å²) in [7, 11) is 1.56. The third-order valence-electron chi connectivity index (χ3n) is 2.58. The van der Waals surface area contributed by atoms with Crippen molar-refractivity contribution in [2.24, 2.45) is 0 Å². The molecule has 0 bridgehead atoms. The highest BCUT2D eigenvalue weighted by Gasteiger charge is 2.12. The van der Waals surface area contributed by atoms with E-state index in [0.717, 1.165) is 0 Å². The second-order valence-electron chi connectivity index (χ2n) is 4.08. The van der Waals surface area contributed by atoms with Gasteiger partial charge in [0.25, 0.3) is 5.91 Å². The number of carbonyl (C=O) groups excluding carboxylic acids is 2. The van der Waals surface area contributed by atoms with Crippen LogP contribution in [-0.4, -0.2) is 30.6 Å². The first-order chi connectivity index (χ1) is 10.1. The van der Waals surface area contributed by atoms with Gasteiger partial charge in [0.1, 0.15) is 11.4 Å². The van der Waals surface area contributed by atoms with Gasteiger partial charge < -0.3 is 19.8 Å². The first-order valence-corrected chi connectivity index (χ1v) is 6.41. The second kappa shape index (κ2) is 6.81. The van der Waals surface area contributed by atoms with E-state index in [1.54, 1.807) is 31.4 Å². The van der Waals surface area contributed by atoms with Gasteiger partial charge in [-0.2, -0.15) is 0 Å². The number of rotatable bonds is 5. The van der Waals surface area contributed by atoms with Crippen molar-refractivity contribution in [1.82, 2.24) is 4.98 Å². The Labute approximate surface area is 126 Å². The zero-order chi connectivity index (χ0) is 15.2. The van der Waals surface area contributed by atoms with Gasteiger partial charge in [-0.25, -0.2) is 4.79 Å². The monoisotopic (exact) mass is 308 g/mol. The van der Waals surface area contributed by atoms with Gasteiger partial charge in [-0.05, 0) is 30.3 Å². The number of hydrogen-bond acceptors (Lipinski definition) is 4. The van der Waals surface area contributed by atoms with Crippen molar-refractivity contribution >= 4 is 29.2 Å². The van der Waals surface area contributed by atoms with Crippen LogP contribution in [0.1, 0.15) is 10.5 Å². The van der Waals surface area contributed by atoms with E-state index in [0.29, 0.717) is 16.5 Å². The summed E-state index contributed by atoms with van der Waals surface area (Å²) in [6, 6.07) is 8.21. The van der Waals surface area contributed by atoms with Crippen molar-refractivity contribution in [3.63, 3.8) is 0 Å². The molecule has 0 fully saturated rings. The number of nitrogens with one attached hydrogen (secondary N) is 2. The molecule has 0 aliphatic heterocycles. The summed E-state index contributed by atoms with van der Waals surface area (Å²) >= 11 is 5.67. The molecule has 2 N–H and O–H groups in total. The Balaban J connectivity index is 1.82. The molecular formula is C14H13ClN2O4. The summed E-state index contributed by atoms with van der Waals surface area (Å²) in [5.41, 5.74) is 0.775. The Morgan fingerprint density at radius 3 is 2.57 bits per heavy atom. The van der Waals surface area contributed by atoms with Crippen molar-refractivity contribution in [2.45, 2.75) is 0 Å². The minimum Gasteiger partial charge on any atom is -0.497 e. The molecule has 1 heterocycles. The number of ether oxygens (including phenoxy) is 2. The molecule has 0 spiro atoms. The number of carbonyl (C=O) groups is 2. The average Bonchev–Trinajstić information content (AvgIpc) is 2.92. The molecule has 0 saturated carbocycles. The fourth-order valence-electron chi connectivity index (χ4n) is 1.57. The molecule has 1 aromatic carbocycles. The Bertz CT molecular complexity index is 637. The highest BCUT2D eigenvalue weighted by atomic mass is 35.5. The lowest BCUT2D eigenvalue weighted by atomic mass is 10.3. The maximum Gasteiger partial charge on any atom is 0.355 e. The van der Waals surface area contributed by atoms with Crippen LogP contribution < -0.4 is 10.1 Å². The van der Waals surface area contributed by atoms with Crippen molar-refractivity contribution < 1.29 is 19.1 Å². The van der Waals surface area contributed by atoms with Crippen LogP contribution in [0.4, 0.5) is 5.69 Å². The van der Waals surface area contributed by atoms with Gasteiger partial charge in [0.2, 0.25) is 0 Å². The fourth-order valence-corrected chi connectivity index (χ4v) is 1.73. The first-order valence-electron chi connectivity index (χ1n) is 6.03. The average molecular weight is 309 g/mol. The van der Waals surface area contributed by atoms with E-state index in [9.17, 15) is 9.59 Å². The predicted molar refractivity (Wildman–Crippen MR) is 77.7 cm³/mol. The second-order valence-corrected chi connectivity index (χ2v) is 4.52. The van der Waals surface area contributed by atoms with Crippen molar-refractivity contribution in [3.8, 4) is 5.75 Å². The van der Waals surface area contributed by atoms with Gasteiger partial charge in [0.05, 0.1) is 12.1 Å². The summed E-state index contributed by atoms with van der Waals surface area (Å²) in [4.78, 5) is 25.9. The zero-order valence-corrected chi connectivity index (χ0v) is 11.9. The van der Waals surface area contributed by atoms with Gasteiger partial charge in [0, 0.05) is 11.9 Å². The molecule has 0 atom stereocenters.